The molecule has 0 aromatic carbocycles. The third-order valence-corrected chi connectivity index (χ3v) is 2.49. The molecule has 0 spiro atoms. The molecule has 5 nitrogen and oxygen atoms in total. The van der Waals surface area contributed by atoms with E-state index in [9.17, 15) is 4.79 Å². The van der Waals surface area contributed by atoms with Gasteiger partial charge >= 0.3 is 0 Å². The maximum atomic E-state index is 12.0. The summed E-state index contributed by atoms with van der Waals surface area (Å²) in [5.41, 5.74) is 2.30. The summed E-state index contributed by atoms with van der Waals surface area (Å²) >= 11 is 0. The molecule has 2 rings (SSSR count). The van der Waals surface area contributed by atoms with Crippen molar-refractivity contribution >= 4 is 5.78 Å². The molecule has 0 bridgehead atoms. The molecule has 0 fully saturated rings. The molecule has 0 atom stereocenters. The number of carbonyl (C=O) groups is 1. The number of aryl methyl sites for hydroxylation is 2. The van der Waals surface area contributed by atoms with E-state index >= 15 is 0 Å². The van der Waals surface area contributed by atoms with Crippen molar-refractivity contribution in [2.24, 2.45) is 0 Å². The summed E-state index contributed by atoms with van der Waals surface area (Å²) in [4.78, 5) is 19.7. The van der Waals surface area contributed by atoms with E-state index in [0.29, 0.717) is 12.1 Å². The number of nitrogens with zero attached hydrogens (tertiary/aromatic N) is 4. The third-order valence-electron chi connectivity index (χ3n) is 2.49. The van der Waals surface area contributed by atoms with E-state index in [4.69, 9.17) is 0 Å². The Morgan fingerprint density at radius 3 is 2.94 bits per heavy atom. The number of ketones is 1. The summed E-state index contributed by atoms with van der Waals surface area (Å²) < 4.78 is 1.84. The lowest BCUT2D eigenvalue weighted by Crippen LogP contribution is -2.10. The zero-order chi connectivity index (χ0) is 12.3. The molecule has 0 aliphatic heterocycles. The van der Waals surface area contributed by atoms with Crippen LogP contribution >= 0.6 is 0 Å². The SMILES string of the molecule is CCn1nc(C)cc1CC(=O)c1ccncn1. The lowest BCUT2D eigenvalue weighted by molar-refractivity contribution is 0.0985. The average molecular weight is 230 g/mol. The highest BCUT2D eigenvalue weighted by atomic mass is 16.1. The van der Waals surface area contributed by atoms with Crippen LogP contribution in [-0.2, 0) is 13.0 Å². The van der Waals surface area contributed by atoms with Gasteiger partial charge in [0.15, 0.2) is 5.78 Å². The van der Waals surface area contributed by atoms with Crippen LogP contribution in [0.5, 0.6) is 0 Å². The van der Waals surface area contributed by atoms with Crippen LogP contribution in [0.25, 0.3) is 0 Å². The first-order chi connectivity index (χ1) is 8.20. The molecule has 0 saturated carbocycles. The molecule has 5 heteroatoms. The largest absolute Gasteiger partial charge is 0.292 e. The second-order valence-electron chi connectivity index (χ2n) is 3.79. The van der Waals surface area contributed by atoms with Gasteiger partial charge in [0.2, 0.25) is 0 Å². The first-order valence-corrected chi connectivity index (χ1v) is 5.53. The number of aromatic nitrogens is 4. The molecule has 88 valence electrons. The Balaban J connectivity index is 2.18. The molecule has 17 heavy (non-hydrogen) atoms. The molecule has 0 saturated heterocycles. The predicted octanol–water partition coefficient (Wildman–Crippen LogP) is 1.43. The van der Waals surface area contributed by atoms with Gasteiger partial charge in [-0.1, -0.05) is 0 Å². The molecule has 0 amide bonds. The van der Waals surface area contributed by atoms with Gasteiger partial charge in [0, 0.05) is 18.4 Å². The minimum absolute atomic E-state index is 0.0120. The van der Waals surface area contributed by atoms with E-state index < -0.39 is 0 Å². The maximum absolute atomic E-state index is 12.0. The quantitative estimate of drug-likeness (QED) is 0.745. The van der Waals surface area contributed by atoms with Gasteiger partial charge in [0.25, 0.3) is 0 Å². The standard InChI is InChI=1S/C12H14N4O/c1-3-16-10(6-9(2)15-16)7-12(17)11-4-5-13-8-14-11/h4-6,8H,3,7H2,1-2H3. The Hall–Kier alpha value is -2.04. The van der Waals surface area contributed by atoms with Crippen LogP contribution in [0.1, 0.15) is 28.8 Å². The van der Waals surface area contributed by atoms with Crippen LogP contribution in [0, 0.1) is 6.92 Å². The van der Waals surface area contributed by atoms with E-state index in [2.05, 4.69) is 15.1 Å². The van der Waals surface area contributed by atoms with E-state index in [1.54, 1.807) is 12.3 Å². The molecular weight excluding hydrogens is 216 g/mol. The van der Waals surface area contributed by atoms with Gasteiger partial charge in [-0.3, -0.25) is 9.48 Å². The first-order valence-electron chi connectivity index (χ1n) is 5.53. The second-order valence-corrected chi connectivity index (χ2v) is 3.79. The Labute approximate surface area is 99.5 Å². The fourth-order valence-electron chi connectivity index (χ4n) is 1.73. The summed E-state index contributed by atoms with van der Waals surface area (Å²) in [6, 6.07) is 3.56. The van der Waals surface area contributed by atoms with E-state index in [-0.39, 0.29) is 5.78 Å². The zero-order valence-corrected chi connectivity index (χ0v) is 9.92. The van der Waals surface area contributed by atoms with Crippen molar-refractivity contribution in [2.75, 3.05) is 0 Å². The molecule has 0 aliphatic carbocycles. The smallest absolute Gasteiger partial charge is 0.187 e. The summed E-state index contributed by atoms with van der Waals surface area (Å²) in [6.07, 6.45) is 3.28. The van der Waals surface area contributed by atoms with Crippen molar-refractivity contribution in [1.29, 1.82) is 0 Å². The Morgan fingerprint density at radius 1 is 1.47 bits per heavy atom. The third kappa shape index (κ3) is 2.55. The number of hydrogen-bond donors (Lipinski definition) is 0. The normalized spacial score (nSPS) is 10.5. The highest BCUT2D eigenvalue weighted by Crippen LogP contribution is 2.07. The molecule has 0 N–H and O–H groups in total. The van der Waals surface area contributed by atoms with Crippen molar-refractivity contribution in [2.45, 2.75) is 26.8 Å². The van der Waals surface area contributed by atoms with Crippen molar-refractivity contribution in [3.05, 3.63) is 41.7 Å². The van der Waals surface area contributed by atoms with Crippen molar-refractivity contribution in [1.82, 2.24) is 19.7 Å². The molecule has 2 aromatic rings. The first kappa shape index (κ1) is 11.4. The Kier molecular flexibility index (Phi) is 3.27. The van der Waals surface area contributed by atoms with E-state index in [1.165, 1.54) is 6.33 Å². The number of Topliss-reactive ketones (excluding diaryl/α,β-unsaturated/α-hetero) is 1. The molecule has 0 unspecified atom stereocenters. The molecule has 0 aliphatic rings. The highest BCUT2D eigenvalue weighted by Gasteiger charge is 2.12. The lowest BCUT2D eigenvalue weighted by atomic mass is 10.1. The maximum Gasteiger partial charge on any atom is 0.187 e. The summed E-state index contributed by atoms with van der Waals surface area (Å²) in [6.45, 7) is 4.69. The predicted molar refractivity (Wildman–Crippen MR) is 62.7 cm³/mol. The van der Waals surface area contributed by atoms with Gasteiger partial charge in [0.1, 0.15) is 12.0 Å². The molecule has 2 aromatic heterocycles. The monoisotopic (exact) mass is 230 g/mol. The fraction of sp³-hybridized carbons (Fsp3) is 0.333. The minimum Gasteiger partial charge on any atom is -0.292 e. The van der Waals surface area contributed by atoms with Crippen LogP contribution in [0.2, 0.25) is 0 Å². The Bertz CT molecular complexity index is 519. The number of hydrogen-bond acceptors (Lipinski definition) is 4. The van der Waals surface area contributed by atoms with Gasteiger partial charge in [-0.25, -0.2) is 9.97 Å². The summed E-state index contributed by atoms with van der Waals surface area (Å²) in [7, 11) is 0. The van der Waals surface area contributed by atoms with E-state index in [0.717, 1.165) is 17.9 Å². The van der Waals surface area contributed by atoms with Crippen LogP contribution in [0.15, 0.2) is 24.7 Å². The Morgan fingerprint density at radius 2 is 2.29 bits per heavy atom. The van der Waals surface area contributed by atoms with Crippen molar-refractivity contribution < 1.29 is 4.79 Å². The van der Waals surface area contributed by atoms with Gasteiger partial charge in [-0.15, -0.1) is 0 Å². The minimum atomic E-state index is -0.0120. The average Bonchev–Trinajstić information content (AvgIpc) is 2.70. The van der Waals surface area contributed by atoms with Gasteiger partial charge in [0.05, 0.1) is 12.1 Å². The van der Waals surface area contributed by atoms with Crippen molar-refractivity contribution in [3.63, 3.8) is 0 Å². The second kappa shape index (κ2) is 4.86. The highest BCUT2D eigenvalue weighted by molar-refractivity contribution is 5.95. The van der Waals surface area contributed by atoms with Crippen LogP contribution in [0.3, 0.4) is 0 Å². The zero-order valence-electron chi connectivity index (χ0n) is 9.92. The lowest BCUT2D eigenvalue weighted by Gasteiger charge is -2.03. The van der Waals surface area contributed by atoms with Crippen LogP contribution in [0.4, 0.5) is 0 Å². The van der Waals surface area contributed by atoms with Gasteiger partial charge in [-0.2, -0.15) is 5.10 Å². The van der Waals surface area contributed by atoms with Gasteiger partial charge < -0.3 is 0 Å². The van der Waals surface area contributed by atoms with Crippen molar-refractivity contribution in [3.8, 4) is 0 Å². The summed E-state index contributed by atoms with van der Waals surface area (Å²) in [5, 5.41) is 4.31. The topological polar surface area (TPSA) is 60.7 Å². The van der Waals surface area contributed by atoms with E-state index in [1.807, 2.05) is 24.6 Å². The number of rotatable bonds is 4. The van der Waals surface area contributed by atoms with Crippen LogP contribution in [-0.4, -0.2) is 25.5 Å². The molecule has 0 radical (unpaired) electrons. The molecule has 2 heterocycles. The fourth-order valence-corrected chi connectivity index (χ4v) is 1.73. The summed E-state index contributed by atoms with van der Waals surface area (Å²) in [5.74, 6) is -0.0120. The molecular formula is C12H14N4O. The van der Waals surface area contributed by atoms with Crippen LogP contribution < -0.4 is 0 Å². The number of carbonyl (C=O) groups excluding carboxylic acids is 1. The van der Waals surface area contributed by atoms with Gasteiger partial charge in [-0.05, 0) is 26.0 Å².